The van der Waals surface area contributed by atoms with Crippen LogP contribution in [0.1, 0.15) is 31.9 Å². The van der Waals surface area contributed by atoms with Gasteiger partial charge >= 0.3 is 0 Å². The predicted molar refractivity (Wildman–Crippen MR) is 107 cm³/mol. The SMILES string of the molecule is CCOc1cc(CNCCc2ccc(OC)cc2)cc(Cl)c1OC(C)C. The lowest BCUT2D eigenvalue weighted by Gasteiger charge is -2.17. The number of nitrogens with one attached hydrogen (secondary N) is 1. The molecule has 0 aliphatic rings. The van der Waals surface area contributed by atoms with Gasteiger partial charge in [0.1, 0.15) is 5.75 Å². The van der Waals surface area contributed by atoms with Gasteiger partial charge in [0.15, 0.2) is 11.5 Å². The Hall–Kier alpha value is -1.91. The van der Waals surface area contributed by atoms with E-state index in [4.69, 9.17) is 25.8 Å². The minimum absolute atomic E-state index is 0.0418. The van der Waals surface area contributed by atoms with E-state index in [9.17, 15) is 0 Å². The van der Waals surface area contributed by atoms with E-state index in [0.29, 0.717) is 23.1 Å². The van der Waals surface area contributed by atoms with Gasteiger partial charge in [-0.15, -0.1) is 0 Å². The van der Waals surface area contributed by atoms with Crippen LogP contribution in [0.2, 0.25) is 5.02 Å². The number of methoxy groups -OCH3 is 1. The second-order valence-corrected chi connectivity index (χ2v) is 6.69. The standard InChI is InChI=1S/C21H28ClNO3/c1-5-25-20-13-17(12-19(22)21(20)26-15(2)3)14-23-11-10-16-6-8-18(24-4)9-7-16/h6-9,12-13,15,23H,5,10-11,14H2,1-4H3. The lowest BCUT2D eigenvalue weighted by Crippen LogP contribution is -2.17. The summed E-state index contributed by atoms with van der Waals surface area (Å²) in [6.45, 7) is 8.06. The maximum Gasteiger partial charge on any atom is 0.180 e. The minimum atomic E-state index is 0.0418. The smallest absolute Gasteiger partial charge is 0.180 e. The quantitative estimate of drug-likeness (QED) is 0.600. The van der Waals surface area contributed by atoms with Gasteiger partial charge in [-0.3, -0.25) is 0 Å². The van der Waals surface area contributed by atoms with E-state index in [0.717, 1.165) is 30.8 Å². The van der Waals surface area contributed by atoms with Gasteiger partial charge in [-0.2, -0.15) is 0 Å². The fourth-order valence-electron chi connectivity index (χ4n) is 2.59. The van der Waals surface area contributed by atoms with Crippen LogP contribution in [-0.2, 0) is 13.0 Å². The molecule has 142 valence electrons. The van der Waals surface area contributed by atoms with Crippen LogP contribution in [0.25, 0.3) is 0 Å². The van der Waals surface area contributed by atoms with Crippen LogP contribution in [-0.4, -0.2) is 26.4 Å². The number of hydrogen-bond acceptors (Lipinski definition) is 4. The third-order valence-electron chi connectivity index (χ3n) is 3.80. The van der Waals surface area contributed by atoms with Gasteiger partial charge in [0, 0.05) is 6.54 Å². The number of ether oxygens (including phenoxy) is 3. The topological polar surface area (TPSA) is 39.7 Å². The summed E-state index contributed by atoms with van der Waals surface area (Å²) in [4.78, 5) is 0. The van der Waals surface area contributed by atoms with Crippen molar-refractivity contribution in [1.29, 1.82) is 0 Å². The second-order valence-electron chi connectivity index (χ2n) is 6.28. The van der Waals surface area contributed by atoms with Gasteiger partial charge in [-0.25, -0.2) is 0 Å². The summed E-state index contributed by atoms with van der Waals surface area (Å²) < 4.78 is 16.7. The van der Waals surface area contributed by atoms with Crippen molar-refractivity contribution in [3.63, 3.8) is 0 Å². The number of benzene rings is 2. The molecule has 0 radical (unpaired) electrons. The zero-order chi connectivity index (χ0) is 18.9. The van der Waals surface area contributed by atoms with Crippen LogP contribution >= 0.6 is 11.6 Å². The zero-order valence-corrected chi connectivity index (χ0v) is 16.7. The van der Waals surface area contributed by atoms with Crippen molar-refractivity contribution in [1.82, 2.24) is 5.32 Å². The van der Waals surface area contributed by atoms with Crippen LogP contribution < -0.4 is 19.5 Å². The van der Waals surface area contributed by atoms with Gasteiger partial charge in [-0.1, -0.05) is 23.7 Å². The molecule has 0 aliphatic carbocycles. The van der Waals surface area contributed by atoms with Crippen molar-refractivity contribution >= 4 is 11.6 Å². The van der Waals surface area contributed by atoms with Crippen molar-refractivity contribution in [3.8, 4) is 17.2 Å². The fourth-order valence-corrected chi connectivity index (χ4v) is 2.87. The Kier molecular flexibility index (Phi) is 8.07. The lowest BCUT2D eigenvalue weighted by molar-refractivity contribution is 0.224. The molecule has 0 fully saturated rings. The molecule has 0 spiro atoms. The third kappa shape index (κ3) is 6.11. The first-order chi connectivity index (χ1) is 12.5. The van der Waals surface area contributed by atoms with E-state index in [1.807, 2.05) is 45.0 Å². The zero-order valence-electron chi connectivity index (χ0n) is 16.0. The molecule has 0 bridgehead atoms. The summed E-state index contributed by atoms with van der Waals surface area (Å²) in [5, 5.41) is 4.03. The minimum Gasteiger partial charge on any atom is -0.497 e. The van der Waals surface area contributed by atoms with Gasteiger partial charge in [0.2, 0.25) is 0 Å². The Morgan fingerprint density at radius 2 is 1.81 bits per heavy atom. The first-order valence-corrected chi connectivity index (χ1v) is 9.36. The summed E-state index contributed by atoms with van der Waals surface area (Å²) in [7, 11) is 1.68. The summed E-state index contributed by atoms with van der Waals surface area (Å²) in [6, 6.07) is 12.1. The van der Waals surface area contributed by atoms with Crippen LogP contribution in [0, 0.1) is 0 Å². The molecule has 0 atom stereocenters. The highest BCUT2D eigenvalue weighted by molar-refractivity contribution is 6.32. The monoisotopic (exact) mass is 377 g/mol. The van der Waals surface area contributed by atoms with Gasteiger partial charge < -0.3 is 19.5 Å². The van der Waals surface area contributed by atoms with Crippen LogP contribution in [0.15, 0.2) is 36.4 Å². The Bertz CT molecular complexity index is 686. The molecule has 2 aromatic rings. The molecule has 5 heteroatoms. The molecule has 0 amide bonds. The Morgan fingerprint density at radius 1 is 1.08 bits per heavy atom. The largest absolute Gasteiger partial charge is 0.497 e. The van der Waals surface area contributed by atoms with Crippen molar-refractivity contribution in [3.05, 3.63) is 52.5 Å². The fraction of sp³-hybridized carbons (Fsp3) is 0.429. The van der Waals surface area contributed by atoms with E-state index < -0.39 is 0 Å². The average Bonchev–Trinajstić information content (AvgIpc) is 2.62. The highest BCUT2D eigenvalue weighted by Gasteiger charge is 2.14. The molecule has 0 aliphatic heterocycles. The molecule has 0 saturated heterocycles. The van der Waals surface area contributed by atoms with E-state index in [1.165, 1.54) is 5.56 Å². The second kappa shape index (κ2) is 10.3. The van der Waals surface area contributed by atoms with Gasteiger partial charge in [0.05, 0.1) is 24.8 Å². The van der Waals surface area contributed by atoms with Crippen molar-refractivity contribution in [2.45, 2.75) is 39.8 Å². The average molecular weight is 378 g/mol. The molecule has 26 heavy (non-hydrogen) atoms. The molecule has 4 nitrogen and oxygen atoms in total. The van der Waals surface area contributed by atoms with Gasteiger partial charge in [-0.05, 0) is 69.1 Å². The Morgan fingerprint density at radius 3 is 2.42 bits per heavy atom. The predicted octanol–water partition coefficient (Wildman–Crippen LogP) is 4.87. The summed E-state index contributed by atoms with van der Waals surface area (Å²) in [5.74, 6) is 2.19. The molecular formula is C21H28ClNO3. The molecule has 2 aromatic carbocycles. The Balaban J connectivity index is 1.93. The third-order valence-corrected chi connectivity index (χ3v) is 4.08. The lowest BCUT2D eigenvalue weighted by atomic mass is 10.1. The summed E-state index contributed by atoms with van der Waals surface area (Å²) in [6.07, 6.45) is 0.991. The highest BCUT2D eigenvalue weighted by Crippen LogP contribution is 2.37. The number of hydrogen-bond donors (Lipinski definition) is 1. The first kappa shape index (κ1) is 20.4. The molecule has 0 saturated carbocycles. The maximum atomic E-state index is 6.41. The summed E-state index contributed by atoms with van der Waals surface area (Å²) in [5.41, 5.74) is 2.34. The Labute approximate surface area is 161 Å². The molecule has 2 rings (SSSR count). The van der Waals surface area contributed by atoms with E-state index in [-0.39, 0.29) is 6.10 Å². The molecule has 1 N–H and O–H groups in total. The van der Waals surface area contributed by atoms with E-state index in [1.54, 1.807) is 7.11 Å². The molecule has 0 heterocycles. The van der Waals surface area contributed by atoms with Crippen molar-refractivity contribution in [2.24, 2.45) is 0 Å². The molecular weight excluding hydrogens is 350 g/mol. The molecule has 0 aromatic heterocycles. The summed E-state index contributed by atoms with van der Waals surface area (Å²) >= 11 is 6.41. The number of rotatable bonds is 10. The van der Waals surface area contributed by atoms with E-state index >= 15 is 0 Å². The van der Waals surface area contributed by atoms with Crippen molar-refractivity contribution < 1.29 is 14.2 Å². The number of halogens is 1. The van der Waals surface area contributed by atoms with Crippen LogP contribution in [0.5, 0.6) is 17.2 Å². The van der Waals surface area contributed by atoms with Crippen molar-refractivity contribution in [2.75, 3.05) is 20.3 Å². The molecule has 0 unspecified atom stereocenters. The highest BCUT2D eigenvalue weighted by atomic mass is 35.5. The van der Waals surface area contributed by atoms with E-state index in [2.05, 4.69) is 17.4 Å². The van der Waals surface area contributed by atoms with Crippen LogP contribution in [0.3, 0.4) is 0 Å². The van der Waals surface area contributed by atoms with Crippen LogP contribution in [0.4, 0.5) is 0 Å². The van der Waals surface area contributed by atoms with Gasteiger partial charge in [0.25, 0.3) is 0 Å². The normalized spacial score (nSPS) is 10.8. The first-order valence-electron chi connectivity index (χ1n) is 8.99. The maximum absolute atomic E-state index is 6.41.